The number of phenolic OH excluding ortho intramolecular Hbond substituents is 1. The molecule has 0 amide bonds. The van der Waals surface area contributed by atoms with E-state index in [1.165, 1.54) is 11.3 Å². The maximum atomic E-state index is 10.7. The molecule has 1 fully saturated rings. The number of phenols is 1. The molecule has 8 nitrogen and oxygen atoms in total. The highest BCUT2D eigenvalue weighted by atomic mass is 35.5. The van der Waals surface area contributed by atoms with Gasteiger partial charge in [-0.15, -0.1) is 5.10 Å². The van der Waals surface area contributed by atoms with Crippen LogP contribution in [0.15, 0.2) is 30.6 Å². The van der Waals surface area contributed by atoms with Gasteiger partial charge in [-0.2, -0.15) is 9.61 Å². The standard InChI is InChI=1S/C23H28ClN7OS/c1-22(2)9-15(10-23(3,4)29-22)30(5)21-28-31-19(24)18(27-20(31)33-21)16-7-6-13(8-17(16)32)14-11-25-26-12-14/h6-8,11-12,15,29,32H,9-10H2,1-5H3,(H,25,26). The van der Waals surface area contributed by atoms with Gasteiger partial charge in [-0.25, -0.2) is 4.98 Å². The number of piperidine rings is 1. The third-order valence-corrected chi connectivity index (χ3v) is 7.58. The smallest absolute Gasteiger partial charge is 0.215 e. The van der Waals surface area contributed by atoms with E-state index in [1.54, 1.807) is 23.0 Å². The van der Waals surface area contributed by atoms with Gasteiger partial charge in [-0.05, 0) is 58.2 Å². The quantitative estimate of drug-likeness (QED) is 0.378. The number of benzene rings is 1. The molecule has 4 heterocycles. The monoisotopic (exact) mass is 485 g/mol. The minimum absolute atomic E-state index is 0.0447. The Hall–Kier alpha value is -2.62. The molecular formula is C23H28ClN7OS. The Labute approximate surface area is 201 Å². The molecule has 0 unspecified atom stereocenters. The SMILES string of the molecule is CN(c1nn2c(Cl)c(-c3ccc(-c4cn[nH]c4)cc3O)nc2s1)C1CC(C)(C)NC(C)(C)C1. The van der Waals surface area contributed by atoms with Crippen LogP contribution >= 0.6 is 22.9 Å². The number of nitrogens with one attached hydrogen (secondary N) is 2. The van der Waals surface area contributed by atoms with Crippen LogP contribution in [0.2, 0.25) is 5.15 Å². The highest BCUT2D eigenvalue weighted by molar-refractivity contribution is 7.20. The summed E-state index contributed by atoms with van der Waals surface area (Å²) in [6.07, 6.45) is 5.52. The number of anilines is 1. The average molecular weight is 486 g/mol. The summed E-state index contributed by atoms with van der Waals surface area (Å²) in [5.41, 5.74) is 2.93. The summed E-state index contributed by atoms with van der Waals surface area (Å²) in [6, 6.07) is 5.78. The Bertz CT molecular complexity index is 1290. The molecule has 5 rings (SSSR count). The molecule has 3 N–H and O–H groups in total. The highest BCUT2D eigenvalue weighted by Crippen LogP contribution is 2.40. The van der Waals surface area contributed by atoms with E-state index in [1.807, 2.05) is 12.1 Å². The van der Waals surface area contributed by atoms with Crippen molar-refractivity contribution in [1.29, 1.82) is 0 Å². The molecule has 33 heavy (non-hydrogen) atoms. The van der Waals surface area contributed by atoms with Crippen molar-refractivity contribution < 1.29 is 5.11 Å². The van der Waals surface area contributed by atoms with Gasteiger partial charge in [0.25, 0.3) is 0 Å². The van der Waals surface area contributed by atoms with Gasteiger partial charge < -0.3 is 15.3 Å². The van der Waals surface area contributed by atoms with Crippen molar-refractivity contribution in [2.24, 2.45) is 0 Å². The van der Waals surface area contributed by atoms with Crippen LogP contribution < -0.4 is 10.2 Å². The van der Waals surface area contributed by atoms with Gasteiger partial charge in [0.1, 0.15) is 11.4 Å². The first-order valence-electron chi connectivity index (χ1n) is 10.9. The maximum absolute atomic E-state index is 10.7. The number of halogens is 1. The van der Waals surface area contributed by atoms with Crippen LogP contribution in [0.4, 0.5) is 5.13 Å². The Morgan fingerprint density at radius 3 is 2.52 bits per heavy atom. The fourth-order valence-corrected chi connectivity index (χ4v) is 6.29. The molecule has 1 aliphatic heterocycles. The zero-order valence-electron chi connectivity index (χ0n) is 19.3. The van der Waals surface area contributed by atoms with Gasteiger partial charge in [-0.1, -0.05) is 29.0 Å². The summed E-state index contributed by atoms with van der Waals surface area (Å²) < 4.78 is 1.66. The maximum Gasteiger partial charge on any atom is 0.215 e. The fraction of sp³-hybridized carbons (Fsp3) is 0.435. The van der Waals surface area contributed by atoms with Crippen LogP contribution in [0, 0.1) is 0 Å². The zero-order chi connectivity index (χ0) is 23.5. The molecule has 1 saturated heterocycles. The normalized spacial score (nSPS) is 18.1. The summed E-state index contributed by atoms with van der Waals surface area (Å²) in [5.74, 6) is 0.109. The Kier molecular flexibility index (Phi) is 5.19. The van der Waals surface area contributed by atoms with E-state index in [0.29, 0.717) is 27.4 Å². The zero-order valence-corrected chi connectivity index (χ0v) is 20.9. The van der Waals surface area contributed by atoms with E-state index in [2.05, 4.69) is 55.2 Å². The Morgan fingerprint density at radius 2 is 1.91 bits per heavy atom. The largest absolute Gasteiger partial charge is 0.507 e. The van der Waals surface area contributed by atoms with Crippen LogP contribution in [0.1, 0.15) is 40.5 Å². The second-order valence-corrected chi connectivity index (χ2v) is 11.4. The lowest BCUT2D eigenvalue weighted by Crippen LogP contribution is -2.61. The summed E-state index contributed by atoms with van der Waals surface area (Å²) in [6.45, 7) is 8.99. The van der Waals surface area contributed by atoms with E-state index in [0.717, 1.165) is 29.1 Å². The third kappa shape index (κ3) is 4.09. The first-order valence-corrected chi connectivity index (χ1v) is 12.1. The third-order valence-electron chi connectivity index (χ3n) is 6.24. The molecule has 4 aromatic rings. The summed E-state index contributed by atoms with van der Waals surface area (Å²) >= 11 is 8.19. The van der Waals surface area contributed by atoms with Crippen molar-refractivity contribution in [2.75, 3.05) is 11.9 Å². The molecule has 0 spiro atoms. The van der Waals surface area contributed by atoms with Crippen molar-refractivity contribution >= 4 is 33.0 Å². The van der Waals surface area contributed by atoms with Crippen LogP contribution in [-0.2, 0) is 0 Å². The number of H-pyrrole nitrogens is 1. The predicted molar refractivity (Wildman–Crippen MR) is 133 cm³/mol. The van der Waals surface area contributed by atoms with Crippen LogP contribution in [0.25, 0.3) is 27.3 Å². The van der Waals surface area contributed by atoms with Gasteiger partial charge in [0.15, 0.2) is 5.15 Å². The van der Waals surface area contributed by atoms with Crippen molar-refractivity contribution in [3.05, 3.63) is 35.7 Å². The number of aromatic nitrogens is 5. The molecule has 1 aromatic carbocycles. The molecule has 0 atom stereocenters. The van der Waals surface area contributed by atoms with E-state index in [4.69, 9.17) is 21.7 Å². The van der Waals surface area contributed by atoms with Gasteiger partial charge in [-0.3, -0.25) is 5.10 Å². The Morgan fingerprint density at radius 1 is 1.18 bits per heavy atom. The van der Waals surface area contributed by atoms with Crippen LogP contribution in [0.5, 0.6) is 5.75 Å². The van der Waals surface area contributed by atoms with Crippen molar-refractivity contribution in [3.63, 3.8) is 0 Å². The molecular weight excluding hydrogens is 458 g/mol. The summed E-state index contributed by atoms with van der Waals surface area (Å²) in [4.78, 5) is 7.65. The second-order valence-electron chi connectivity index (χ2n) is 10.1. The number of aromatic hydroxyl groups is 1. The number of hydrogen-bond acceptors (Lipinski definition) is 7. The molecule has 0 aliphatic carbocycles. The number of fused-ring (bicyclic) bond motifs is 1. The minimum Gasteiger partial charge on any atom is -0.507 e. The van der Waals surface area contributed by atoms with Gasteiger partial charge in [0, 0.05) is 41.5 Å². The second kappa shape index (κ2) is 7.72. The molecule has 0 bridgehead atoms. The minimum atomic E-state index is 0.0447. The van der Waals surface area contributed by atoms with Crippen molar-refractivity contribution in [2.45, 2.75) is 57.7 Å². The first-order chi connectivity index (χ1) is 15.5. The molecule has 1 aliphatic rings. The van der Waals surface area contributed by atoms with E-state index < -0.39 is 0 Å². The number of nitrogens with zero attached hydrogens (tertiary/aromatic N) is 5. The van der Waals surface area contributed by atoms with Crippen LogP contribution in [0.3, 0.4) is 0 Å². The van der Waals surface area contributed by atoms with Crippen molar-refractivity contribution in [3.8, 4) is 28.1 Å². The van der Waals surface area contributed by atoms with Crippen molar-refractivity contribution in [1.82, 2.24) is 30.1 Å². The number of hydrogen-bond donors (Lipinski definition) is 3. The topological polar surface area (TPSA) is 94.4 Å². The lowest BCUT2D eigenvalue weighted by atomic mass is 9.79. The van der Waals surface area contributed by atoms with E-state index in [9.17, 15) is 5.11 Å². The van der Waals surface area contributed by atoms with Gasteiger partial charge >= 0.3 is 0 Å². The van der Waals surface area contributed by atoms with E-state index >= 15 is 0 Å². The van der Waals surface area contributed by atoms with Crippen LogP contribution in [-0.4, -0.2) is 54.1 Å². The summed E-state index contributed by atoms with van der Waals surface area (Å²) in [5, 5.41) is 27.2. The first kappa shape index (κ1) is 22.2. The van der Waals surface area contributed by atoms with Gasteiger partial charge in [0.05, 0.1) is 6.20 Å². The molecule has 174 valence electrons. The lowest BCUT2D eigenvalue weighted by Gasteiger charge is -2.48. The fourth-order valence-electron chi connectivity index (χ4n) is 5.05. The molecule has 0 saturated carbocycles. The van der Waals surface area contributed by atoms with Gasteiger partial charge in [0.2, 0.25) is 10.1 Å². The number of imidazole rings is 1. The molecule has 10 heteroatoms. The lowest BCUT2D eigenvalue weighted by molar-refractivity contribution is 0.161. The predicted octanol–water partition coefficient (Wildman–Crippen LogP) is 4.95. The highest BCUT2D eigenvalue weighted by Gasteiger charge is 2.40. The average Bonchev–Trinajstić information content (AvgIpc) is 3.44. The number of rotatable bonds is 4. The Balaban J connectivity index is 1.45. The molecule has 0 radical (unpaired) electrons. The summed E-state index contributed by atoms with van der Waals surface area (Å²) in [7, 11) is 2.09. The molecule has 3 aromatic heterocycles. The number of aromatic amines is 1. The van der Waals surface area contributed by atoms with E-state index in [-0.39, 0.29) is 16.8 Å².